The maximum Gasteiger partial charge on any atom is 0.350 e. The van der Waals surface area contributed by atoms with Crippen molar-refractivity contribution in [2.45, 2.75) is 0 Å². The van der Waals surface area contributed by atoms with E-state index in [0.29, 0.717) is 15.8 Å². The molecule has 1 aromatic carbocycles. The number of nitrogen functional groups attached to an aromatic ring is 1. The molecule has 0 aliphatic heterocycles. The Balaban J connectivity index is 2.39. The van der Waals surface area contributed by atoms with E-state index >= 15 is 0 Å². The van der Waals surface area contributed by atoms with Crippen molar-refractivity contribution in [3.8, 4) is 11.3 Å². The van der Waals surface area contributed by atoms with Crippen molar-refractivity contribution in [1.29, 1.82) is 0 Å². The highest BCUT2D eigenvalue weighted by Crippen LogP contribution is 2.29. The van der Waals surface area contributed by atoms with E-state index in [1.807, 2.05) is 30.3 Å². The number of nitrogens with one attached hydrogen (secondary N) is 1. The fourth-order valence-electron chi connectivity index (χ4n) is 1.76. The Hall–Kier alpha value is -2.15. The highest BCUT2D eigenvalue weighted by molar-refractivity contribution is 9.10. The molecule has 0 spiro atoms. The van der Waals surface area contributed by atoms with E-state index in [9.17, 15) is 4.79 Å². The first kappa shape index (κ1) is 11.0. The molecule has 3 rings (SSSR count). The van der Waals surface area contributed by atoms with Crippen molar-refractivity contribution in [3.05, 3.63) is 45.3 Å². The summed E-state index contributed by atoms with van der Waals surface area (Å²) in [5.41, 5.74) is 7.34. The number of H-pyrrole nitrogens is 1. The monoisotopic (exact) mass is 305 g/mol. The molecular formula is C11H8BrN5O. The summed E-state index contributed by atoms with van der Waals surface area (Å²) in [5, 5.41) is 6.27. The number of benzene rings is 1. The molecule has 0 radical (unpaired) electrons. The Kier molecular flexibility index (Phi) is 2.41. The van der Waals surface area contributed by atoms with Gasteiger partial charge in [-0.1, -0.05) is 30.3 Å². The van der Waals surface area contributed by atoms with Crippen LogP contribution in [0, 0.1) is 0 Å². The van der Waals surface area contributed by atoms with Gasteiger partial charge in [0, 0.05) is 5.56 Å². The Labute approximate surface area is 110 Å². The molecule has 3 N–H and O–H groups in total. The zero-order valence-corrected chi connectivity index (χ0v) is 10.7. The van der Waals surface area contributed by atoms with Crippen LogP contribution in [0.15, 0.2) is 39.6 Å². The highest BCUT2D eigenvalue weighted by Gasteiger charge is 2.15. The van der Waals surface area contributed by atoms with Crippen LogP contribution in [0.25, 0.3) is 16.9 Å². The minimum Gasteiger partial charge on any atom is -0.369 e. The quantitative estimate of drug-likeness (QED) is 0.712. The summed E-state index contributed by atoms with van der Waals surface area (Å²) in [6.45, 7) is 0. The lowest BCUT2D eigenvalue weighted by molar-refractivity contribution is 1.01. The van der Waals surface area contributed by atoms with Crippen molar-refractivity contribution in [2.75, 3.05) is 5.73 Å². The van der Waals surface area contributed by atoms with Crippen molar-refractivity contribution in [1.82, 2.24) is 19.6 Å². The molecule has 90 valence electrons. The molecule has 0 amide bonds. The van der Waals surface area contributed by atoms with Crippen LogP contribution in [0.3, 0.4) is 0 Å². The number of nitrogens with two attached hydrogens (primary N) is 1. The number of aromatic amines is 1. The second-order valence-corrected chi connectivity index (χ2v) is 4.48. The van der Waals surface area contributed by atoms with Crippen LogP contribution in [-0.4, -0.2) is 19.6 Å². The van der Waals surface area contributed by atoms with E-state index in [2.05, 4.69) is 31.1 Å². The van der Waals surface area contributed by atoms with Gasteiger partial charge >= 0.3 is 5.69 Å². The largest absolute Gasteiger partial charge is 0.369 e. The third-order valence-electron chi connectivity index (χ3n) is 2.58. The molecule has 0 saturated carbocycles. The minimum absolute atomic E-state index is 0.103. The molecule has 18 heavy (non-hydrogen) atoms. The number of nitrogens with zero attached hydrogens (tertiary/aromatic N) is 3. The van der Waals surface area contributed by atoms with Crippen LogP contribution in [0.4, 0.5) is 5.95 Å². The molecule has 0 aliphatic carbocycles. The average Bonchev–Trinajstić information content (AvgIpc) is 2.78. The topological polar surface area (TPSA) is 89.1 Å². The van der Waals surface area contributed by atoms with Crippen LogP contribution in [0.5, 0.6) is 0 Å². The fraction of sp³-hybridized carbons (Fsp3) is 0. The van der Waals surface area contributed by atoms with Gasteiger partial charge in [0.15, 0.2) is 5.65 Å². The van der Waals surface area contributed by atoms with Gasteiger partial charge < -0.3 is 5.73 Å². The first-order chi connectivity index (χ1) is 8.68. The van der Waals surface area contributed by atoms with Gasteiger partial charge in [-0.2, -0.15) is 5.10 Å². The number of halogens is 1. The van der Waals surface area contributed by atoms with Gasteiger partial charge in [0.05, 0.1) is 10.2 Å². The molecule has 0 saturated heterocycles. The third kappa shape index (κ3) is 1.52. The molecule has 2 aromatic heterocycles. The summed E-state index contributed by atoms with van der Waals surface area (Å²) in [4.78, 5) is 15.7. The molecule has 0 unspecified atom stereocenters. The Morgan fingerprint density at radius 3 is 2.72 bits per heavy atom. The normalized spacial score (nSPS) is 10.9. The maximum absolute atomic E-state index is 11.5. The molecule has 3 aromatic rings. The summed E-state index contributed by atoms with van der Waals surface area (Å²) < 4.78 is 1.84. The van der Waals surface area contributed by atoms with Crippen LogP contribution in [-0.2, 0) is 0 Å². The predicted octanol–water partition coefficient (Wildman–Crippen LogP) is 1.43. The van der Waals surface area contributed by atoms with E-state index in [1.54, 1.807) is 0 Å². The maximum atomic E-state index is 11.5. The molecule has 0 atom stereocenters. The van der Waals surface area contributed by atoms with Crippen molar-refractivity contribution in [2.24, 2.45) is 0 Å². The van der Waals surface area contributed by atoms with E-state index in [0.717, 1.165) is 5.56 Å². The number of hydrogen-bond acceptors (Lipinski definition) is 4. The second-order valence-electron chi connectivity index (χ2n) is 3.69. The highest BCUT2D eigenvalue weighted by atomic mass is 79.9. The van der Waals surface area contributed by atoms with Gasteiger partial charge in [-0.25, -0.2) is 19.3 Å². The van der Waals surface area contributed by atoms with Crippen molar-refractivity contribution >= 4 is 27.5 Å². The van der Waals surface area contributed by atoms with E-state index in [-0.39, 0.29) is 5.95 Å². The zero-order valence-electron chi connectivity index (χ0n) is 9.09. The van der Waals surface area contributed by atoms with Crippen LogP contribution in [0.2, 0.25) is 0 Å². The van der Waals surface area contributed by atoms with E-state index in [4.69, 9.17) is 5.73 Å². The van der Waals surface area contributed by atoms with Crippen LogP contribution < -0.4 is 11.4 Å². The summed E-state index contributed by atoms with van der Waals surface area (Å²) in [7, 11) is 0. The third-order valence-corrected chi connectivity index (χ3v) is 3.31. The Morgan fingerprint density at radius 1 is 1.28 bits per heavy atom. The SMILES string of the molecule is Nc1nc(-c2ccccc2)c(Br)c2n[nH]c(=O)n12. The Morgan fingerprint density at radius 2 is 2.00 bits per heavy atom. The van der Waals surface area contributed by atoms with Gasteiger partial charge in [0.25, 0.3) is 0 Å². The second kappa shape index (κ2) is 3.95. The van der Waals surface area contributed by atoms with Gasteiger partial charge in [-0.05, 0) is 15.9 Å². The van der Waals surface area contributed by atoms with Gasteiger partial charge in [-0.3, -0.25) is 0 Å². The van der Waals surface area contributed by atoms with Gasteiger partial charge in [0.1, 0.15) is 0 Å². The molecule has 6 nitrogen and oxygen atoms in total. The summed E-state index contributed by atoms with van der Waals surface area (Å²) in [5.74, 6) is 0.103. The van der Waals surface area contributed by atoms with Gasteiger partial charge in [-0.15, -0.1) is 0 Å². The van der Waals surface area contributed by atoms with Gasteiger partial charge in [0.2, 0.25) is 5.95 Å². The standard InChI is InChI=1S/C11H8BrN5O/c12-7-8(6-4-2-1-3-5-6)14-10(13)17-9(7)15-16-11(17)18/h1-5H,(H2,13,14)(H,16,18). The molecule has 2 heterocycles. The van der Waals surface area contributed by atoms with Crippen LogP contribution in [0.1, 0.15) is 0 Å². The molecule has 0 aliphatic rings. The van der Waals surface area contributed by atoms with Crippen molar-refractivity contribution < 1.29 is 0 Å². The fourth-order valence-corrected chi connectivity index (χ4v) is 2.35. The summed E-state index contributed by atoms with van der Waals surface area (Å²) in [6.07, 6.45) is 0. The van der Waals surface area contributed by atoms with Crippen molar-refractivity contribution in [3.63, 3.8) is 0 Å². The van der Waals surface area contributed by atoms with Crippen LogP contribution >= 0.6 is 15.9 Å². The minimum atomic E-state index is -0.407. The number of hydrogen-bond donors (Lipinski definition) is 2. The summed E-state index contributed by atoms with van der Waals surface area (Å²) in [6, 6.07) is 9.54. The number of rotatable bonds is 1. The zero-order chi connectivity index (χ0) is 12.7. The lowest BCUT2D eigenvalue weighted by Crippen LogP contribution is -2.15. The molecule has 0 fully saturated rings. The predicted molar refractivity (Wildman–Crippen MR) is 71.2 cm³/mol. The summed E-state index contributed by atoms with van der Waals surface area (Å²) >= 11 is 3.41. The lowest BCUT2D eigenvalue weighted by atomic mass is 10.1. The Bertz CT molecular complexity index is 777. The first-order valence-corrected chi connectivity index (χ1v) is 5.95. The number of aromatic nitrogens is 4. The average molecular weight is 306 g/mol. The molecule has 7 heteroatoms. The van der Waals surface area contributed by atoms with E-state index < -0.39 is 5.69 Å². The molecule has 0 bridgehead atoms. The number of anilines is 1. The smallest absolute Gasteiger partial charge is 0.350 e. The first-order valence-electron chi connectivity index (χ1n) is 5.16. The van der Waals surface area contributed by atoms with E-state index in [1.165, 1.54) is 4.40 Å². The lowest BCUT2D eigenvalue weighted by Gasteiger charge is -2.06. The molecular weight excluding hydrogens is 298 g/mol. The number of fused-ring (bicyclic) bond motifs is 1.